The van der Waals surface area contributed by atoms with Gasteiger partial charge in [0.15, 0.2) is 11.5 Å². The van der Waals surface area contributed by atoms with Crippen molar-refractivity contribution in [3.63, 3.8) is 0 Å². The van der Waals surface area contributed by atoms with Crippen LogP contribution in [0.1, 0.15) is 31.9 Å². The number of thiophene rings is 1. The fourth-order valence-corrected chi connectivity index (χ4v) is 4.44. The number of rotatable bonds is 6. The fraction of sp³-hybridized carbons (Fsp3) is 0.182. The first kappa shape index (κ1) is 20.5. The van der Waals surface area contributed by atoms with Gasteiger partial charge in [0.2, 0.25) is 6.79 Å². The smallest absolute Gasteiger partial charge is 0.341 e. The molecular formula is C22H18N2O6S. The number of fused-ring (bicyclic) bond motifs is 1. The van der Waals surface area contributed by atoms with Gasteiger partial charge in [-0.1, -0.05) is 30.3 Å². The van der Waals surface area contributed by atoms with E-state index >= 15 is 0 Å². The Morgan fingerprint density at radius 1 is 1.26 bits per heavy atom. The average Bonchev–Trinajstić information content (AvgIpc) is 3.35. The minimum Gasteiger partial charge on any atom is -0.465 e. The number of nitro benzene ring substituents is 1. The van der Waals surface area contributed by atoms with E-state index in [4.69, 9.17) is 14.2 Å². The molecule has 0 saturated heterocycles. The van der Waals surface area contributed by atoms with Crippen LogP contribution in [0.5, 0.6) is 11.5 Å². The molecule has 2 heterocycles. The maximum Gasteiger partial charge on any atom is 0.341 e. The van der Waals surface area contributed by atoms with E-state index in [2.05, 4.69) is 4.99 Å². The van der Waals surface area contributed by atoms with Crippen LogP contribution in [0.3, 0.4) is 0 Å². The Hall–Kier alpha value is -3.72. The summed E-state index contributed by atoms with van der Waals surface area (Å²) in [5, 5.41) is 11.9. The van der Waals surface area contributed by atoms with Crippen LogP contribution in [0.2, 0.25) is 0 Å². The highest BCUT2D eigenvalue weighted by Crippen LogP contribution is 2.39. The van der Waals surface area contributed by atoms with Gasteiger partial charge in [0.05, 0.1) is 29.2 Å². The third-order valence-electron chi connectivity index (χ3n) is 4.86. The Balaban J connectivity index is 1.74. The van der Waals surface area contributed by atoms with Crippen molar-refractivity contribution in [2.75, 3.05) is 13.9 Å². The summed E-state index contributed by atoms with van der Waals surface area (Å²) >= 11 is 1.36. The quantitative estimate of drug-likeness (QED) is 0.237. The number of hydrogen-bond donors (Lipinski definition) is 0. The van der Waals surface area contributed by atoms with Crippen LogP contribution in [0.4, 0.5) is 10.7 Å². The maximum absolute atomic E-state index is 12.4. The van der Waals surface area contributed by atoms with Crippen LogP contribution in [0.25, 0.3) is 0 Å². The average molecular weight is 438 g/mol. The lowest BCUT2D eigenvalue weighted by atomic mass is 10.1. The van der Waals surface area contributed by atoms with Crippen LogP contribution >= 0.6 is 11.3 Å². The van der Waals surface area contributed by atoms with E-state index in [9.17, 15) is 14.9 Å². The third kappa shape index (κ3) is 4.13. The first-order chi connectivity index (χ1) is 15.0. The summed E-state index contributed by atoms with van der Waals surface area (Å²) in [5.74, 6) is 0.226. The lowest BCUT2D eigenvalue weighted by Crippen LogP contribution is -2.02. The number of aliphatic imine (C=N–C) groups is 1. The van der Waals surface area contributed by atoms with Gasteiger partial charge in [0.1, 0.15) is 5.00 Å². The van der Waals surface area contributed by atoms with Crippen molar-refractivity contribution in [1.29, 1.82) is 0 Å². The zero-order chi connectivity index (χ0) is 22.0. The van der Waals surface area contributed by atoms with Crippen molar-refractivity contribution in [2.45, 2.75) is 13.3 Å². The summed E-state index contributed by atoms with van der Waals surface area (Å²) in [5.41, 5.74) is 2.34. The first-order valence-electron chi connectivity index (χ1n) is 9.34. The number of ether oxygens (including phenoxy) is 3. The lowest BCUT2D eigenvalue weighted by Gasteiger charge is -2.02. The minimum absolute atomic E-state index is 0.00649. The van der Waals surface area contributed by atoms with Gasteiger partial charge in [0, 0.05) is 17.5 Å². The predicted octanol–water partition coefficient (Wildman–Crippen LogP) is 4.82. The SMILES string of the molecule is COC(=O)c1c(N=Cc2cc3c(cc2[N+](=O)[O-])OCO3)sc(Cc2ccccc2)c1C. The predicted molar refractivity (Wildman–Crippen MR) is 116 cm³/mol. The summed E-state index contributed by atoms with van der Waals surface area (Å²) in [4.78, 5) is 28.8. The molecule has 1 aliphatic rings. The minimum atomic E-state index is -0.509. The molecule has 0 radical (unpaired) electrons. The van der Waals surface area contributed by atoms with Crippen LogP contribution in [-0.4, -0.2) is 31.0 Å². The molecule has 8 nitrogen and oxygen atoms in total. The number of methoxy groups -OCH3 is 1. The second-order valence-electron chi connectivity index (χ2n) is 6.76. The molecule has 2 aromatic carbocycles. The largest absolute Gasteiger partial charge is 0.465 e. The highest BCUT2D eigenvalue weighted by molar-refractivity contribution is 7.16. The number of carbonyl (C=O) groups excluding carboxylic acids is 1. The molecule has 0 saturated carbocycles. The molecule has 3 aromatic rings. The number of carbonyl (C=O) groups is 1. The fourth-order valence-electron chi connectivity index (χ4n) is 3.26. The monoisotopic (exact) mass is 438 g/mol. The lowest BCUT2D eigenvalue weighted by molar-refractivity contribution is -0.385. The van der Waals surface area contributed by atoms with E-state index < -0.39 is 10.9 Å². The van der Waals surface area contributed by atoms with E-state index in [0.29, 0.717) is 28.5 Å². The molecule has 0 unspecified atom stereocenters. The highest BCUT2D eigenvalue weighted by Gasteiger charge is 2.24. The molecule has 1 aliphatic heterocycles. The van der Waals surface area contributed by atoms with Crippen LogP contribution < -0.4 is 9.47 Å². The van der Waals surface area contributed by atoms with Crippen molar-refractivity contribution in [3.05, 3.63) is 79.7 Å². The number of nitrogens with zero attached hydrogens (tertiary/aromatic N) is 2. The second-order valence-corrected chi connectivity index (χ2v) is 7.85. The summed E-state index contributed by atoms with van der Waals surface area (Å²) in [6.45, 7) is 1.86. The zero-order valence-corrected chi connectivity index (χ0v) is 17.6. The third-order valence-corrected chi connectivity index (χ3v) is 6.06. The van der Waals surface area contributed by atoms with Gasteiger partial charge in [0.25, 0.3) is 5.69 Å². The van der Waals surface area contributed by atoms with Crippen LogP contribution in [-0.2, 0) is 11.2 Å². The zero-order valence-electron chi connectivity index (χ0n) is 16.8. The maximum atomic E-state index is 12.4. The summed E-state index contributed by atoms with van der Waals surface area (Å²) in [6, 6.07) is 12.7. The standard InChI is InChI=1S/C22H18N2O6S/c1-13-19(8-14-6-4-3-5-7-14)31-21(20(13)22(25)28-2)23-11-15-9-17-18(30-12-29-17)10-16(15)24(26)27/h3-7,9-11H,8,12H2,1-2H3. The van der Waals surface area contributed by atoms with Gasteiger partial charge in [-0.15, -0.1) is 11.3 Å². The highest BCUT2D eigenvalue weighted by atomic mass is 32.1. The molecule has 0 atom stereocenters. The normalized spacial score (nSPS) is 12.3. The Bertz CT molecular complexity index is 1190. The van der Waals surface area contributed by atoms with E-state index in [0.717, 1.165) is 16.0 Å². The molecule has 4 rings (SSSR count). The molecule has 0 amide bonds. The Morgan fingerprint density at radius 2 is 1.97 bits per heavy atom. The molecule has 9 heteroatoms. The number of benzene rings is 2. The van der Waals surface area contributed by atoms with Crippen LogP contribution in [0, 0.1) is 17.0 Å². The number of hydrogen-bond acceptors (Lipinski definition) is 8. The van der Waals surface area contributed by atoms with Crippen molar-refractivity contribution in [2.24, 2.45) is 4.99 Å². The molecule has 0 N–H and O–H groups in total. The topological polar surface area (TPSA) is 100 Å². The van der Waals surface area contributed by atoms with Crippen molar-refractivity contribution < 1.29 is 23.9 Å². The molecule has 31 heavy (non-hydrogen) atoms. The first-order valence-corrected chi connectivity index (χ1v) is 10.2. The molecule has 0 bridgehead atoms. The van der Waals surface area contributed by atoms with Crippen molar-refractivity contribution in [1.82, 2.24) is 0 Å². The Kier molecular flexibility index (Phi) is 5.68. The second kappa shape index (κ2) is 8.57. The van der Waals surface area contributed by atoms with E-state index in [-0.39, 0.29) is 18.0 Å². The number of esters is 1. The molecular weight excluding hydrogens is 420 g/mol. The molecule has 0 fully saturated rings. The van der Waals surface area contributed by atoms with Gasteiger partial charge in [-0.2, -0.15) is 0 Å². The molecule has 0 spiro atoms. The summed E-state index contributed by atoms with van der Waals surface area (Å²) in [7, 11) is 1.31. The Morgan fingerprint density at radius 3 is 2.65 bits per heavy atom. The number of nitro groups is 1. The van der Waals surface area contributed by atoms with Gasteiger partial charge in [-0.05, 0) is 24.1 Å². The van der Waals surface area contributed by atoms with Gasteiger partial charge in [-0.25, -0.2) is 9.79 Å². The summed E-state index contributed by atoms with van der Waals surface area (Å²) in [6.07, 6.45) is 2.01. The van der Waals surface area contributed by atoms with E-state index in [1.165, 1.54) is 36.8 Å². The van der Waals surface area contributed by atoms with Gasteiger partial charge in [-0.3, -0.25) is 10.1 Å². The summed E-state index contributed by atoms with van der Waals surface area (Å²) < 4.78 is 15.5. The molecule has 158 valence electrons. The van der Waals surface area contributed by atoms with Crippen LogP contribution in [0.15, 0.2) is 47.5 Å². The molecule has 1 aromatic heterocycles. The van der Waals surface area contributed by atoms with Gasteiger partial charge >= 0.3 is 5.97 Å². The molecule has 0 aliphatic carbocycles. The van der Waals surface area contributed by atoms with E-state index in [1.54, 1.807) is 0 Å². The van der Waals surface area contributed by atoms with Crippen molar-refractivity contribution in [3.8, 4) is 11.5 Å². The van der Waals surface area contributed by atoms with E-state index in [1.807, 2.05) is 37.3 Å². The van der Waals surface area contributed by atoms with Gasteiger partial charge < -0.3 is 14.2 Å². The Labute approximate surface area is 181 Å². The van der Waals surface area contributed by atoms with Crippen molar-refractivity contribution >= 4 is 34.2 Å².